The summed E-state index contributed by atoms with van der Waals surface area (Å²) in [6.45, 7) is 1.70. The van der Waals surface area contributed by atoms with Crippen LogP contribution < -0.4 is 4.74 Å². The molecule has 0 heterocycles. The largest absolute Gasteiger partial charge is 0.426 e. The van der Waals surface area contributed by atoms with Crippen LogP contribution in [0.15, 0.2) is 60.7 Å². The number of rotatable bonds is 4. The molecule has 0 aliphatic rings. The van der Waals surface area contributed by atoms with Gasteiger partial charge in [-0.2, -0.15) is 18.4 Å². The molecule has 4 rings (SSSR count). The number of ether oxygens (including phenoxy) is 1. The summed E-state index contributed by atoms with van der Waals surface area (Å²) in [6, 6.07) is 12.9. The van der Waals surface area contributed by atoms with Crippen LogP contribution in [0.1, 0.15) is 16.7 Å². The van der Waals surface area contributed by atoms with Gasteiger partial charge in [-0.05, 0) is 54.3 Å². The van der Waals surface area contributed by atoms with E-state index in [-0.39, 0.29) is 21.9 Å². The number of nitriles is 1. The molecule has 0 N–H and O–H groups in total. The van der Waals surface area contributed by atoms with Crippen molar-refractivity contribution >= 4 is 10.8 Å². The van der Waals surface area contributed by atoms with Crippen LogP contribution in [-0.4, -0.2) is 0 Å². The van der Waals surface area contributed by atoms with Crippen molar-refractivity contribution in [3.8, 4) is 22.9 Å². The second kappa shape index (κ2) is 8.17. The lowest BCUT2D eigenvalue weighted by molar-refractivity contribution is -0.187. The summed E-state index contributed by atoms with van der Waals surface area (Å²) >= 11 is 0. The number of alkyl halides is 2. The molecule has 0 saturated heterocycles. The van der Waals surface area contributed by atoms with Crippen LogP contribution in [0.5, 0.6) is 5.75 Å². The van der Waals surface area contributed by atoms with Gasteiger partial charge in [0, 0.05) is 10.9 Å². The molecule has 8 heteroatoms. The molecular formula is C25H13F6NO. The van der Waals surface area contributed by atoms with E-state index in [1.165, 1.54) is 36.4 Å². The maximum Gasteiger partial charge on any atom is 0.426 e. The lowest BCUT2D eigenvalue weighted by Gasteiger charge is -2.19. The van der Waals surface area contributed by atoms with Crippen LogP contribution in [0, 0.1) is 41.5 Å². The van der Waals surface area contributed by atoms with Crippen molar-refractivity contribution in [1.29, 1.82) is 5.26 Å². The predicted molar refractivity (Wildman–Crippen MR) is 110 cm³/mol. The average molecular weight is 457 g/mol. The Labute approximate surface area is 184 Å². The highest BCUT2D eigenvalue weighted by molar-refractivity contribution is 5.89. The quantitative estimate of drug-likeness (QED) is 0.300. The fraction of sp³-hybridized carbons (Fsp3) is 0.0800. The number of aryl methyl sites for hydroxylation is 1. The highest BCUT2D eigenvalue weighted by Gasteiger charge is 2.36. The highest BCUT2D eigenvalue weighted by atomic mass is 19.3. The topological polar surface area (TPSA) is 33.0 Å². The molecule has 0 aliphatic heterocycles. The summed E-state index contributed by atoms with van der Waals surface area (Å²) in [4.78, 5) is 0. The molecule has 0 spiro atoms. The molecule has 0 unspecified atom stereocenters. The van der Waals surface area contributed by atoms with Crippen molar-refractivity contribution < 1.29 is 31.1 Å². The molecule has 0 saturated carbocycles. The fourth-order valence-electron chi connectivity index (χ4n) is 3.38. The lowest BCUT2D eigenvalue weighted by atomic mass is 9.98. The summed E-state index contributed by atoms with van der Waals surface area (Å²) in [5, 5.41) is 8.78. The molecule has 0 atom stereocenters. The van der Waals surface area contributed by atoms with Crippen LogP contribution in [-0.2, 0) is 6.11 Å². The predicted octanol–water partition coefficient (Wildman–Crippen LogP) is 7.37. The molecule has 0 bridgehead atoms. The van der Waals surface area contributed by atoms with Crippen LogP contribution in [0.25, 0.3) is 21.9 Å². The maximum absolute atomic E-state index is 14.8. The van der Waals surface area contributed by atoms with Gasteiger partial charge in [-0.1, -0.05) is 29.8 Å². The van der Waals surface area contributed by atoms with Crippen molar-refractivity contribution in [2.75, 3.05) is 0 Å². The average Bonchev–Trinajstić information content (AvgIpc) is 2.77. The third-order valence-corrected chi connectivity index (χ3v) is 5.12. The second-order valence-electron chi connectivity index (χ2n) is 7.32. The van der Waals surface area contributed by atoms with Gasteiger partial charge in [-0.3, -0.25) is 0 Å². The molecule has 0 radical (unpaired) electrons. The zero-order chi connectivity index (χ0) is 23.9. The van der Waals surface area contributed by atoms with E-state index in [0.717, 1.165) is 35.9 Å². The molecule has 166 valence electrons. The SMILES string of the molecule is Cc1ccc(C(F)(F)Oc2ccc(-c3ccc4c(F)c(C#N)c(F)cc4c3)c(F)c2F)cc1. The number of fused-ring (bicyclic) bond motifs is 1. The summed E-state index contributed by atoms with van der Waals surface area (Å²) < 4.78 is 90.9. The summed E-state index contributed by atoms with van der Waals surface area (Å²) in [5.74, 6) is -6.29. The number of benzene rings is 4. The van der Waals surface area contributed by atoms with Gasteiger partial charge >= 0.3 is 6.11 Å². The molecular weight excluding hydrogens is 444 g/mol. The Kier molecular flexibility index (Phi) is 5.50. The highest BCUT2D eigenvalue weighted by Crippen LogP contribution is 2.37. The summed E-state index contributed by atoms with van der Waals surface area (Å²) in [7, 11) is 0. The number of nitrogens with zero attached hydrogens (tertiary/aromatic N) is 1. The molecule has 0 fully saturated rings. The Morgan fingerprint density at radius 1 is 0.818 bits per heavy atom. The van der Waals surface area contributed by atoms with Gasteiger partial charge in [0.2, 0.25) is 5.82 Å². The first-order valence-electron chi connectivity index (χ1n) is 9.56. The maximum atomic E-state index is 14.8. The Bertz CT molecular complexity index is 1420. The van der Waals surface area contributed by atoms with Gasteiger partial charge < -0.3 is 4.74 Å². The normalized spacial score (nSPS) is 11.5. The Morgan fingerprint density at radius 3 is 2.18 bits per heavy atom. The van der Waals surface area contributed by atoms with E-state index in [0.29, 0.717) is 0 Å². The van der Waals surface area contributed by atoms with Gasteiger partial charge in [-0.25, -0.2) is 13.2 Å². The van der Waals surface area contributed by atoms with Gasteiger partial charge in [-0.15, -0.1) is 0 Å². The van der Waals surface area contributed by atoms with Gasteiger partial charge in [0.05, 0.1) is 5.56 Å². The van der Waals surface area contributed by atoms with E-state index >= 15 is 0 Å². The van der Waals surface area contributed by atoms with Gasteiger partial charge in [0.15, 0.2) is 17.4 Å². The third kappa shape index (κ3) is 3.98. The van der Waals surface area contributed by atoms with E-state index in [2.05, 4.69) is 4.74 Å². The van der Waals surface area contributed by atoms with E-state index in [9.17, 15) is 26.3 Å². The van der Waals surface area contributed by atoms with E-state index in [1.807, 2.05) is 0 Å². The van der Waals surface area contributed by atoms with E-state index in [1.54, 1.807) is 6.92 Å². The van der Waals surface area contributed by atoms with Crippen LogP contribution in [0.2, 0.25) is 0 Å². The number of halogens is 6. The fourth-order valence-corrected chi connectivity index (χ4v) is 3.38. The Hall–Kier alpha value is -3.99. The minimum absolute atomic E-state index is 0.00698. The Balaban J connectivity index is 1.72. The van der Waals surface area contributed by atoms with Crippen molar-refractivity contribution in [3.63, 3.8) is 0 Å². The minimum atomic E-state index is -3.92. The van der Waals surface area contributed by atoms with E-state index in [4.69, 9.17) is 5.26 Å². The second-order valence-corrected chi connectivity index (χ2v) is 7.32. The third-order valence-electron chi connectivity index (χ3n) is 5.12. The number of hydrogen-bond donors (Lipinski definition) is 0. The zero-order valence-electron chi connectivity index (χ0n) is 16.9. The van der Waals surface area contributed by atoms with Crippen molar-refractivity contribution in [2.45, 2.75) is 13.0 Å². The first-order valence-corrected chi connectivity index (χ1v) is 9.56. The Morgan fingerprint density at radius 2 is 1.52 bits per heavy atom. The van der Waals surface area contributed by atoms with Gasteiger partial charge in [0.25, 0.3) is 0 Å². The van der Waals surface area contributed by atoms with Crippen molar-refractivity contribution in [1.82, 2.24) is 0 Å². The molecule has 4 aromatic rings. The number of hydrogen-bond acceptors (Lipinski definition) is 2. The molecule has 4 aromatic carbocycles. The summed E-state index contributed by atoms with van der Waals surface area (Å²) in [6.07, 6.45) is -3.92. The first-order chi connectivity index (χ1) is 15.6. The lowest BCUT2D eigenvalue weighted by Crippen LogP contribution is -2.22. The standard InChI is InChI=1S/C25H13F6NO/c1-13-2-5-16(6-3-13)25(30,31)33-21-9-8-17(23(28)24(21)29)14-4-7-18-15(10-14)11-20(26)19(12-32)22(18)27/h2-11H,1H3. The van der Waals surface area contributed by atoms with Crippen LogP contribution in [0.4, 0.5) is 26.3 Å². The van der Waals surface area contributed by atoms with Crippen LogP contribution in [0.3, 0.4) is 0 Å². The molecule has 0 aromatic heterocycles. The first kappa shape index (κ1) is 22.2. The molecule has 0 aliphatic carbocycles. The summed E-state index contributed by atoms with van der Waals surface area (Å²) in [5.41, 5.74) is -0.851. The minimum Gasteiger partial charge on any atom is -0.426 e. The van der Waals surface area contributed by atoms with Crippen molar-refractivity contribution in [2.24, 2.45) is 0 Å². The smallest absolute Gasteiger partial charge is 0.426 e. The van der Waals surface area contributed by atoms with Crippen molar-refractivity contribution in [3.05, 3.63) is 101 Å². The van der Waals surface area contributed by atoms with Gasteiger partial charge in [0.1, 0.15) is 17.4 Å². The zero-order valence-corrected chi connectivity index (χ0v) is 16.9. The van der Waals surface area contributed by atoms with Crippen LogP contribution >= 0.6 is 0 Å². The molecule has 2 nitrogen and oxygen atoms in total. The van der Waals surface area contributed by atoms with E-state index < -0.39 is 46.3 Å². The molecule has 0 amide bonds. The monoisotopic (exact) mass is 457 g/mol. The molecule has 33 heavy (non-hydrogen) atoms.